The molecule has 1 aliphatic rings. The predicted octanol–water partition coefficient (Wildman–Crippen LogP) is 2.83. The smallest absolute Gasteiger partial charge is 0.0678 e. The van der Waals surface area contributed by atoms with Gasteiger partial charge in [0.05, 0.1) is 12.2 Å². The zero-order chi connectivity index (χ0) is 14.5. The maximum atomic E-state index is 5.87. The van der Waals surface area contributed by atoms with Crippen molar-refractivity contribution in [2.45, 2.75) is 51.5 Å². The van der Waals surface area contributed by atoms with Crippen molar-refractivity contribution >= 4 is 0 Å². The van der Waals surface area contributed by atoms with Gasteiger partial charge in [0.15, 0.2) is 0 Å². The van der Waals surface area contributed by atoms with E-state index in [1.165, 1.54) is 5.56 Å². The van der Waals surface area contributed by atoms with Crippen molar-refractivity contribution < 1.29 is 4.74 Å². The topological polar surface area (TPSA) is 24.5 Å². The molecule has 20 heavy (non-hydrogen) atoms. The van der Waals surface area contributed by atoms with Crippen molar-refractivity contribution in [3.05, 3.63) is 35.9 Å². The summed E-state index contributed by atoms with van der Waals surface area (Å²) in [5.41, 5.74) is 1.37. The Kier molecular flexibility index (Phi) is 5.58. The molecule has 0 bridgehead atoms. The summed E-state index contributed by atoms with van der Waals surface area (Å²) < 4.78 is 5.87. The van der Waals surface area contributed by atoms with E-state index in [1.54, 1.807) is 0 Å². The Hall–Kier alpha value is -0.900. The lowest BCUT2D eigenvalue weighted by Gasteiger charge is -2.43. The van der Waals surface area contributed by atoms with Crippen LogP contribution in [0, 0.1) is 0 Å². The molecule has 4 unspecified atom stereocenters. The van der Waals surface area contributed by atoms with E-state index >= 15 is 0 Å². The van der Waals surface area contributed by atoms with Crippen LogP contribution in [0.2, 0.25) is 0 Å². The number of nitrogens with one attached hydrogen (secondary N) is 1. The van der Waals surface area contributed by atoms with Gasteiger partial charge in [0.1, 0.15) is 0 Å². The molecule has 3 heteroatoms. The molecular formula is C17H28N2O. The molecule has 0 aliphatic carbocycles. The number of ether oxygens (including phenoxy) is 1. The Morgan fingerprint density at radius 2 is 1.80 bits per heavy atom. The third kappa shape index (κ3) is 3.60. The summed E-state index contributed by atoms with van der Waals surface area (Å²) in [4.78, 5) is 2.59. The molecule has 0 amide bonds. The van der Waals surface area contributed by atoms with Crippen LogP contribution in [0.15, 0.2) is 30.3 Å². The number of rotatable bonds is 5. The van der Waals surface area contributed by atoms with Gasteiger partial charge in [-0.15, -0.1) is 0 Å². The van der Waals surface area contributed by atoms with E-state index in [1.807, 2.05) is 0 Å². The summed E-state index contributed by atoms with van der Waals surface area (Å²) >= 11 is 0. The third-order valence-electron chi connectivity index (χ3n) is 4.19. The minimum atomic E-state index is 0.320. The molecule has 3 nitrogen and oxygen atoms in total. The van der Waals surface area contributed by atoms with Gasteiger partial charge < -0.3 is 10.1 Å². The fraction of sp³-hybridized carbons (Fsp3) is 0.647. The van der Waals surface area contributed by atoms with E-state index in [2.05, 4.69) is 68.4 Å². The van der Waals surface area contributed by atoms with E-state index in [0.717, 1.165) is 19.5 Å². The summed E-state index contributed by atoms with van der Waals surface area (Å²) in [7, 11) is 2.06. The van der Waals surface area contributed by atoms with Crippen LogP contribution in [0.3, 0.4) is 0 Å². The predicted molar refractivity (Wildman–Crippen MR) is 83.9 cm³/mol. The Morgan fingerprint density at radius 3 is 2.30 bits per heavy atom. The van der Waals surface area contributed by atoms with E-state index in [4.69, 9.17) is 4.74 Å². The molecule has 1 aliphatic heterocycles. The molecule has 0 saturated carbocycles. The molecule has 2 rings (SSSR count). The number of likely N-dealkylation sites (N-methyl/N-ethyl adjacent to an activating group) is 1. The molecule has 1 saturated heterocycles. The first-order valence-corrected chi connectivity index (χ1v) is 7.77. The summed E-state index contributed by atoms with van der Waals surface area (Å²) in [6.45, 7) is 8.67. The Labute approximate surface area is 123 Å². The van der Waals surface area contributed by atoms with Crippen LogP contribution < -0.4 is 5.32 Å². The molecule has 0 spiro atoms. The van der Waals surface area contributed by atoms with Crippen molar-refractivity contribution in [3.8, 4) is 0 Å². The molecule has 1 aromatic carbocycles. The van der Waals surface area contributed by atoms with Crippen LogP contribution in [-0.2, 0) is 4.74 Å². The monoisotopic (exact) mass is 276 g/mol. The summed E-state index contributed by atoms with van der Waals surface area (Å²) in [5.74, 6) is 0. The van der Waals surface area contributed by atoms with E-state index in [0.29, 0.717) is 24.3 Å². The van der Waals surface area contributed by atoms with E-state index in [-0.39, 0.29) is 0 Å². The van der Waals surface area contributed by atoms with Gasteiger partial charge in [-0.25, -0.2) is 0 Å². The maximum absolute atomic E-state index is 5.87. The fourth-order valence-electron chi connectivity index (χ4n) is 3.43. The third-order valence-corrected chi connectivity index (χ3v) is 4.19. The van der Waals surface area contributed by atoms with Crippen molar-refractivity contribution in [3.63, 3.8) is 0 Å². The zero-order valence-electron chi connectivity index (χ0n) is 13.2. The molecule has 1 fully saturated rings. The van der Waals surface area contributed by atoms with Crippen LogP contribution in [-0.4, -0.2) is 43.3 Å². The van der Waals surface area contributed by atoms with Crippen LogP contribution in [0.5, 0.6) is 0 Å². The highest BCUT2D eigenvalue weighted by molar-refractivity contribution is 5.20. The quantitative estimate of drug-likeness (QED) is 0.895. The second kappa shape index (κ2) is 7.21. The molecule has 1 heterocycles. The fourth-order valence-corrected chi connectivity index (χ4v) is 3.43. The van der Waals surface area contributed by atoms with Crippen molar-refractivity contribution in [2.75, 3.05) is 20.1 Å². The molecular weight excluding hydrogens is 248 g/mol. The second-order valence-corrected chi connectivity index (χ2v) is 5.86. The van der Waals surface area contributed by atoms with Crippen LogP contribution in [0.1, 0.15) is 38.8 Å². The minimum Gasteiger partial charge on any atom is -0.373 e. The van der Waals surface area contributed by atoms with Crippen LogP contribution in [0.25, 0.3) is 0 Å². The van der Waals surface area contributed by atoms with Gasteiger partial charge in [0.25, 0.3) is 0 Å². The Balaban J connectivity index is 2.17. The number of nitrogens with zero attached hydrogens (tertiary/aromatic N) is 1. The lowest BCUT2D eigenvalue weighted by atomic mass is 9.95. The average Bonchev–Trinajstić information content (AvgIpc) is 2.44. The number of hydrogen-bond donors (Lipinski definition) is 1. The van der Waals surface area contributed by atoms with Crippen molar-refractivity contribution in [1.29, 1.82) is 0 Å². The molecule has 0 radical (unpaired) electrons. The zero-order valence-corrected chi connectivity index (χ0v) is 13.2. The van der Waals surface area contributed by atoms with Gasteiger partial charge in [-0.3, -0.25) is 4.90 Å². The first-order valence-electron chi connectivity index (χ1n) is 7.77. The Bertz CT molecular complexity index is 385. The lowest BCUT2D eigenvalue weighted by molar-refractivity contribution is -0.0847. The number of hydrogen-bond acceptors (Lipinski definition) is 3. The standard InChI is InChI=1S/C17H28N2O/c1-5-16(19-11-13(2)20-14(3)12-19)17(18-4)15-9-7-6-8-10-15/h6-10,13-14,16-18H,5,11-12H2,1-4H3. The maximum Gasteiger partial charge on any atom is 0.0678 e. The minimum absolute atomic E-state index is 0.320. The van der Waals surface area contributed by atoms with E-state index in [9.17, 15) is 0 Å². The highest BCUT2D eigenvalue weighted by Crippen LogP contribution is 2.26. The average molecular weight is 276 g/mol. The van der Waals surface area contributed by atoms with Gasteiger partial charge in [0.2, 0.25) is 0 Å². The summed E-state index contributed by atoms with van der Waals surface area (Å²) in [6.07, 6.45) is 1.78. The van der Waals surface area contributed by atoms with Crippen molar-refractivity contribution in [1.82, 2.24) is 10.2 Å². The SMILES string of the molecule is CCC(C(NC)c1ccccc1)N1CC(C)OC(C)C1. The highest BCUT2D eigenvalue weighted by Gasteiger charge is 2.31. The molecule has 112 valence electrons. The summed E-state index contributed by atoms with van der Waals surface area (Å²) in [5, 5.41) is 3.51. The summed E-state index contributed by atoms with van der Waals surface area (Å²) in [6, 6.07) is 11.6. The highest BCUT2D eigenvalue weighted by atomic mass is 16.5. The molecule has 0 aromatic heterocycles. The van der Waals surface area contributed by atoms with Gasteiger partial charge in [-0.1, -0.05) is 37.3 Å². The molecule has 1 N–H and O–H groups in total. The number of benzene rings is 1. The molecule has 4 atom stereocenters. The van der Waals surface area contributed by atoms with Gasteiger partial charge in [-0.05, 0) is 32.9 Å². The van der Waals surface area contributed by atoms with Crippen LogP contribution >= 0.6 is 0 Å². The van der Waals surface area contributed by atoms with E-state index < -0.39 is 0 Å². The van der Waals surface area contributed by atoms with Gasteiger partial charge in [-0.2, -0.15) is 0 Å². The van der Waals surface area contributed by atoms with Crippen molar-refractivity contribution in [2.24, 2.45) is 0 Å². The molecule has 1 aromatic rings. The van der Waals surface area contributed by atoms with Gasteiger partial charge >= 0.3 is 0 Å². The van der Waals surface area contributed by atoms with Crippen LogP contribution in [0.4, 0.5) is 0 Å². The number of morpholine rings is 1. The second-order valence-electron chi connectivity index (χ2n) is 5.86. The first-order chi connectivity index (χ1) is 9.65. The Morgan fingerprint density at radius 1 is 1.20 bits per heavy atom. The van der Waals surface area contributed by atoms with Gasteiger partial charge in [0, 0.05) is 25.2 Å². The lowest BCUT2D eigenvalue weighted by Crippen LogP contribution is -2.53. The largest absolute Gasteiger partial charge is 0.373 e. The first kappa shape index (κ1) is 15.5. The normalized spacial score (nSPS) is 27.2.